The van der Waals surface area contributed by atoms with Gasteiger partial charge in [-0.15, -0.1) is 0 Å². The molecule has 1 aliphatic rings. The molecule has 1 aliphatic heterocycles. The highest BCUT2D eigenvalue weighted by Crippen LogP contribution is 2.31. The highest BCUT2D eigenvalue weighted by molar-refractivity contribution is 5.97. The zero-order valence-corrected chi connectivity index (χ0v) is 17.5. The van der Waals surface area contributed by atoms with Crippen LogP contribution in [0.25, 0.3) is 5.52 Å². The van der Waals surface area contributed by atoms with Crippen LogP contribution in [0.15, 0.2) is 42.7 Å². The van der Waals surface area contributed by atoms with Gasteiger partial charge in [0.25, 0.3) is 5.91 Å². The number of nitrogens with zero attached hydrogens (tertiary/aromatic N) is 5. The van der Waals surface area contributed by atoms with Crippen LogP contribution < -0.4 is 4.90 Å². The van der Waals surface area contributed by atoms with Crippen LogP contribution in [0.5, 0.6) is 0 Å². The number of fused-ring (bicyclic) bond motifs is 1. The molecular weight excluding hydrogens is 394 g/mol. The average molecular weight is 417 g/mol. The van der Waals surface area contributed by atoms with Crippen molar-refractivity contribution in [1.82, 2.24) is 14.5 Å². The molecule has 0 unspecified atom stereocenters. The number of esters is 1. The van der Waals surface area contributed by atoms with Crippen LogP contribution in [-0.2, 0) is 4.74 Å². The van der Waals surface area contributed by atoms with Crippen LogP contribution in [-0.4, -0.2) is 59.2 Å². The van der Waals surface area contributed by atoms with E-state index in [1.165, 1.54) is 6.20 Å². The molecule has 0 N–H and O–H groups in total. The molecule has 3 heterocycles. The van der Waals surface area contributed by atoms with Gasteiger partial charge in [0, 0.05) is 37.9 Å². The monoisotopic (exact) mass is 417 g/mol. The quantitative estimate of drug-likeness (QED) is 0.606. The summed E-state index contributed by atoms with van der Waals surface area (Å²) in [6, 6.07) is 11.4. The third-order valence-electron chi connectivity index (χ3n) is 5.55. The van der Waals surface area contributed by atoms with Gasteiger partial charge in [-0.05, 0) is 31.5 Å². The first-order valence-corrected chi connectivity index (χ1v) is 10.2. The first kappa shape index (κ1) is 20.4. The summed E-state index contributed by atoms with van der Waals surface area (Å²) in [5, 5.41) is 14.0. The van der Waals surface area contributed by atoms with Crippen LogP contribution in [0, 0.1) is 18.3 Å². The average Bonchev–Trinajstić information content (AvgIpc) is 3.15. The summed E-state index contributed by atoms with van der Waals surface area (Å²) in [5.41, 5.74) is 3.71. The minimum atomic E-state index is -0.409. The van der Waals surface area contributed by atoms with Crippen molar-refractivity contribution in [2.75, 3.05) is 37.7 Å². The lowest BCUT2D eigenvalue weighted by Gasteiger charge is -2.36. The second kappa shape index (κ2) is 8.48. The van der Waals surface area contributed by atoms with E-state index < -0.39 is 5.97 Å². The number of carbonyl (C=O) groups excluding carboxylic acids is 2. The molecule has 1 amide bonds. The number of carbonyl (C=O) groups is 2. The molecule has 1 saturated heterocycles. The van der Waals surface area contributed by atoms with Crippen molar-refractivity contribution in [3.63, 3.8) is 0 Å². The predicted molar refractivity (Wildman–Crippen MR) is 115 cm³/mol. The number of anilines is 1. The number of rotatable bonds is 4. The number of nitriles is 1. The highest BCUT2D eigenvalue weighted by atomic mass is 16.5. The summed E-state index contributed by atoms with van der Waals surface area (Å²) in [6.45, 7) is 6.11. The Balaban J connectivity index is 1.64. The lowest BCUT2D eigenvalue weighted by Crippen LogP contribution is -2.49. The number of piperazine rings is 1. The van der Waals surface area contributed by atoms with Crippen LogP contribution >= 0.6 is 0 Å². The maximum absolute atomic E-state index is 12.8. The van der Waals surface area contributed by atoms with Crippen molar-refractivity contribution in [2.24, 2.45) is 0 Å². The smallest absolute Gasteiger partial charge is 0.340 e. The second-order valence-electron chi connectivity index (χ2n) is 7.35. The van der Waals surface area contributed by atoms with E-state index in [9.17, 15) is 14.9 Å². The zero-order valence-electron chi connectivity index (χ0n) is 17.5. The second-order valence-corrected chi connectivity index (χ2v) is 7.35. The van der Waals surface area contributed by atoms with E-state index in [-0.39, 0.29) is 12.5 Å². The number of aryl methyl sites for hydroxylation is 1. The van der Waals surface area contributed by atoms with Crippen molar-refractivity contribution in [3.8, 4) is 6.07 Å². The standard InChI is InChI=1S/C23H23N5O3/c1-3-31-23(30)19-15-28-20(16(19)2)21(18(13-24)14-25-28)26-9-11-27(12-10-26)22(29)17-7-5-4-6-8-17/h4-8,14-15H,3,9-12H2,1-2H3. The van der Waals surface area contributed by atoms with Gasteiger partial charge < -0.3 is 14.5 Å². The third-order valence-corrected chi connectivity index (χ3v) is 5.55. The molecule has 0 radical (unpaired) electrons. The molecule has 158 valence electrons. The Morgan fingerprint density at radius 2 is 1.87 bits per heavy atom. The van der Waals surface area contributed by atoms with Crippen LogP contribution in [0.2, 0.25) is 0 Å². The normalized spacial score (nSPS) is 13.8. The molecule has 0 spiro atoms. The van der Waals surface area contributed by atoms with Gasteiger partial charge in [-0.25, -0.2) is 9.31 Å². The molecule has 8 heteroatoms. The molecule has 1 aromatic carbocycles. The Bertz CT molecular complexity index is 1170. The van der Waals surface area contributed by atoms with Gasteiger partial charge in [0.05, 0.1) is 35.1 Å². The van der Waals surface area contributed by atoms with Gasteiger partial charge >= 0.3 is 5.97 Å². The number of aromatic nitrogens is 2. The number of amides is 1. The molecule has 8 nitrogen and oxygen atoms in total. The zero-order chi connectivity index (χ0) is 22.0. The van der Waals surface area contributed by atoms with E-state index in [4.69, 9.17) is 4.74 Å². The SMILES string of the molecule is CCOC(=O)c1cn2ncc(C#N)c(N3CCN(C(=O)c4ccccc4)CC3)c2c1C. The number of benzene rings is 1. The molecule has 2 aromatic heterocycles. The fourth-order valence-electron chi connectivity index (χ4n) is 3.98. The summed E-state index contributed by atoms with van der Waals surface area (Å²) in [7, 11) is 0. The van der Waals surface area contributed by atoms with E-state index >= 15 is 0 Å². The van der Waals surface area contributed by atoms with E-state index in [1.54, 1.807) is 17.6 Å². The van der Waals surface area contributed by atoms with E-state index in [1.807, 2.05) is 42.2 Å². The van der Waals surface area contributed by atoms with E-state index in [0.717, 1.165) is 11.3 Å². The molecular formula is C23H23N5O3. The molecule has 0 saturated carbocycles. The summed E-state index contributed by atoms with van der Waals surface area (Å²) in [6.07, 6.45) is 3.15. The molecule has 0 aliphatic carbocycles. The Morgan fingerprint density at radius 1 is 1.16 bits per heavy atom. The minimum Gasteiger partial charge on any atom is -0.462 e. The van der Waals surface area contributed by atoms with Crippen molar-refractivity contribution >= 4 is 23.1 Å². The summed E-state index contributed by atoms with van der Waals surface area (Å²) < 4.78 is 6.78. The van der Waals surface area contributed by atoms with Crippen LogP contribution in [0.1, 0.15) is 38.8 Å². The molecule has 3 aromatic rings. The van der Waals surface area contributed by atoms with Gasteiger partial charge in [0.15, 0.2) is 0 Å². The van der Waals surface area contributed by atoms with Crippen LogP contribution in [0.3, 0.4) is 0 Å². The highest BCUT2D eigenvalue weighted by Gasteiger charge is 2.27. The molecule has 0 bridgehead atoms. The number of ether oxygens (including phenoxy) is 1. The van der Waals surface area contributed by atoms with E-state index in [0.29, 0.717) is 48.4 Å². The van der Waals surface area contributed by atoms with Gasteiger partial charge in [0.1, 0.15) is 6.07 Å². The Morgan fingerprint density at radius 3 is 2.52 bits per heavy atom. The Hall–Kier alpha value is -3.86. The lowest BCUT2D eigenvalue weighted by molar-refractivity contribution is 0.0525. The molecule has 0 atom stereocenters. The fourth-order valence-corrected chi connectivity index (χ4v) is 3.98. The molecule has 1 fully saturated rings. The third kappa shape index (κ3) is 3.70. The predicted octanol–water partition coefficient (Wildman–Crippen LogP) is 2.65. The van der Waals surface area contributed by atoms with Crippen molar-refractivity contribution < 1.29 is 14.3 Å². The van der Waals surface area contributed by atoms with Gasteiger partial charge in [-0.1, -0.05) is 18.2 Å². The van der Waals surface area contributed by atoms with Crippen molar-refractivity contribution in [3.05, 3.63) is 65.0 Å². The van der Waals surface area contributed by atoms with Gasteiger partial charge in [0.2, 0.25) is 0 Å². The maximum Gasteiger partial charge on any atom is 0.340 e. The topological polar surface area (TPSA) is 90.9 Å². The first-order chi connectivity index (χ1) is 15.0. The fraction of sp³-hybridized carbons (Fsp3) is 0.304. The minimum absolute atomic E-state index is 0.00379. The summed E-state index contributed by atoms with van der Waals surface area (Å²) in [4.78, 5) is 29.0. The number of hydrogen-bond donors (Lipinski definition) is 0. The Labute approximate surface area is 180 Å². The Kier molecular flexibility index (Phi) is 5.58. The van der Waals surface area contributed by atoms with Crippen molar-refractivity contribution in [2.45, 2.75) is 13.8 Å². The van der Waals surface area contributed by atoms with Gasteiger partial charge in [-0.3, -0.25) is 4.79 Å². The maximum atomic E-state index is 12.8. The molecule has 31 heavy (non-hydrogen) atoms. The summed E-state index contributed by atoms with van der Waals surface area (Å²) >= 11 is 0. The van der Waals surface area contributed by atoms with Crippen molar-refractivity contribution in [1.29, 1.82) is 5.26 Å². The number of hydrogen-bond acceptors (Lipinski definition) is 6. The molecule has 4 rings (SSSR count). The van der Waals surface area contributed by atoms with E-state index in [2.05, 4.69) is 16.1 Å². The van der Waals surface area contributed by atoms with Gasteiger partial charge in [-0.2, -0.15) is 10.4 Å². The summed E-state index contributed by atoms with van der Waals surface area (Å²) in [5.74, 6) is -0.405. The lowest BCUT2D eigenvalue weighted by atomic mass is 10.1. The van der Waals surface area contributed by atoms with Crippen LogP contribution in [0.4, 0.5) is 5.69 Å². The largest absolute Gasteiger partial charge is 0.462 e. The first-order valence-electron chi connectivity index (χ1n) is 10.2.